The van der Waals surface area contributed by atoms with Crippen molar-refractivity contribution in [3.63, 3.8) is 0 Å². The third kappa shape index (κ3) is 4.35. The van der Waals surface area contributed by atoms with E-state index < -0.39 is 0 Å². The highest BCUT2D eigenvalue weighted by Gasteiger charge is 2.24. The summed E-state index contributed by atoms with van der Waals surface area (Å²) in [6, 6.07) is 10.2. The molecule has 7 heteroatoms. The van der Waals surface area contributed by atoms with Crippen LogP contribution in [0.1, 0.15) is 37.9 Å². The van der Waals surface area contributed by atoms with Gasteiger partial charge in [-0.15, -0.1) is 5.10 Å². The first-order valence-corrected chi connectivity index (χ1v) is 9.25. The number of aromatic nitrogens is 4. The van der Waals surface area contributed by atoms with Crippen LogP contribution in [0.15, 0.2) is 35.3 Å². The van der Waals surface area contributed by atoms with Gasteiger partial charge >= 0.3 is 0 Å². The van der Waals surface area contributed by atoms with Crippen LogP contribution in [0, 0.1) is 5.92 Å². The lowest BCUT2D eigenvalue weighted by atomic mass is 10.1. The Morgan fingerprint density at radius 2 is 1.92 bits per heavy atom. The van der Waals surface area contributed by atoms with Gasteiger partial charge in [0.2, 0.25) is 0 Å². The molecule has 4 rings (SSSR count). The second kappa shape index (κ2) is 7.63. The Morgan fingerprint density at radius 3 is 2.68 bits per heavy atom. The lowest BCUT2D eigenvalue weighted by molar-refractivity contribution is 0.340. The highest BCUT2D eigenvalue weighted by atomic mass is 15.5. The first-order valence-electron chi connectivity index (χ1n) is 9.25. The summed E-state index contributed by atoms with van der Waals surface area (Å²) >= 11 is 0. The minimum atomic E-state index is 0.505. The Labute approximate surface area is 148 Å². The summed E-state index contributed by atoms with van der Waals surface area (Å²) in [5.74, 6) is 2.51. The monoisotopic (exact) mass is 339 g/mol. The third-order valence-electron chi connectivity index (χ3n) is 4.79. The number of para-hydroxylation sites is 1. The Balaban J connectivity index is 1.49. The van der Waals surface area contributed by atoms with Gasteiger partial charge < -0.3 is 10.2 Å². The van der Waals surface area contributed by atoms with Gasteiger partial charge in [-0.2, -0.15) is 0 Å². The molecule has 1 aliphatic carbocycles. The van der Waals surface area contributed by atoms with Crippen LogP contribution < -0.4 is 5.32 Å². The number of rotatable bonds is 5. The van der Waals surface area contributed by atoms with E-state index in [4.69, 9.17) is 4.99 Å². The van der Waals surface area contributed by atoms with Gasteiger partial charge in [0.25, 0.3) is 0 Å². The molecule has 0 unspecified atom stereocenters. The number of hydrogen-bond donors (Lipinski definition) is 1. The van der Waals surface area contributed by atoms with Crippen LogP contribution in [0.3, 0.4) is 0 Å². The van der Waals surface area contributed by atoms with E-state index in [0.29, 0.717) is 6.54 Å². The number of nitrogens with zero attached hydrogens (tertiary/aromatic N) is 6. The highest BCUT2D eigenvalue weighted by Crippen LogP contribution is 2.30. The van der Waals surface area contributed by atoms with Gasteiger partial charge in [0.1, 0.15) is 6.54 Å². The highest BCUT2D eigenvalue weighted by molar-refractivity contribution is 5.93. The Morgan fingerprint density at radius 1 is 1.12 bits per heavy atom. The summed E-state index contributed by atoms with van der Waals surface area (Å²) in [5.41, 5.74) is 1.06. The minimum absolute atomic E-state index is 0.505. The standard InChI is InChI=1S/C18H25N7/c1-3-7-16(8-4-1)20-18(24-11-5-2-6-12-24)19-13-17-21-22-23-25(17)14-15-9-10-15/h1,3-4,7-8,15H,2,5-6,9-14H2,(H,19,20). The van der Waals surface area contributed by atoms with Gasteiger partial charge in [0.15, 0.2) is 11.8 Å². The molecular weight excluding hydrogens is 314 g/mol. The lowest BCUT2D eigenvalue weighted by Gasteiger charge is -2.30. The fourth-order valence-electron chi connectivity index (χ4n) is 3.14. The molecule has 7 nitrogen and oxygen atoms in total. The number of hydrogen-bond acceptors (Lipinski definition) is 4. The van der Waals surface area contributed by atoms with Crippen LogP contribution in [0.2, 0.25) is 0 Å². The summed E-state index contributed by atoms with van der Waals surface area (Å²) in [7, 11) is 0. The number of likely N-dealkylation sites (tertiary alicyclic amines) is 1. The van der Waals surface area contributed by atoms with Crippen LogP contribution in [-0.4, -0.2) is 44.2 Å². The molecule has 2 aromatic rings. The zero-order chi connectivity index (χ0) is 16.9. The quantitative estimate of drug-likeness (QED) is 0.669. The van der Waals surface area contributed by atoms with E-state index in [2.05, 4.69) is 37.9 Å². The number of aliphatic imine (C=N–C) groups is 1. The average Bonchev–Trinajstić information content (AvgIpc) is 3.37. The van der Waals surface area contributed by atoms with Gasteiger partial charge in [0, 0.05) is 25.3 Å². The summed E-state index contributed by atoms with van der Waals surface area (Å²) < 4.78 is 1.91. The van der Waals surface area contributed by atoms with E-state index in [1.807, 2.05) is 22.9 Å². The second-order valence-corrected chi connectivity index (χ2v) is 6.90. The molecule has 2 aliphatic rings. The van der Waals surface area contributed by atoms with E-state index in [-0.39, 0.29) is 0 Å². The molecule has 0 amide bonds. The molecule has 1 saturated heterocycles. The minimum Gasteiger partial charge on any atom is -0.343 e. The second-order valence-electron chi connectivity index (χ2n) is 6.90. The van der Waals surface area contributed by atoms with Gasteiger partial charge in [0.05, 0.1) is 0 Å². The molecule has 25 heavy (non-hydrogen) atoms. The summed E-state index contributed by atoms with van der Waals surface area (Å²) in [6.07, 6.45) is 6.31. The van der Waals surface area contributed by atoms with Crippen LogP contribution in [0.25, 0.3) is 0 Å². The maximum atomic E-state index is 4.84. The van der Waals surface area contributed by atoms with Gasteiger partial charge in [-0.1, -0.05) is 18.2 Å². The predicted octanol–water partition coefficient (Wildman–Crippen LogP) is 2.54. The number of nitrogens with one attached hydrogen (secondary N) is 1. The number of guanidine groups is 1. The number of benzene rings is 1. The zero-order valence-corrected chi connectivity index (χ0v) is 14.5. The van der Waals surface area contributed by atoms with Crippen LogP contribution in [0.4, 0.5) is 5.69 Å². The first kappa shape index (κ1) is 16.1. The molecule has 0 atom stereocenters. The van der Waals surface area contributed by atoms with E-state index in [9.17, 15) is 0 Å². The van der Waals surface area contributed by atoms with Crippen molar-refractivity contribution in [3.05, 3.63) is 36.2 Å². The van der Waals surface area contributed by atoms with Crippen molar-refractivity contribution in [2.24, 2.45) is 10.9 Å². The van der Waals surface area contributed by atoms with Crippen LogP contribution >= 0.6 is 0 Å². The van der Waals surface area contributed by atoms with E-state index in [1.54, 1.807) is 0 Å². The molecular formula is C18H25N7. The van der Waals surface area contributed by atoms with Crippen molar-refractivity contribution in [3.8, 4) is 0 Å². The van der Waals surface area contributed by atoms with Crippen molar-refractivity contribution in [2.75, 3.05) is 18.4 Å². The summed E-state index contributed by atoms with van der Waals surface area (Å²) in [6.45, 7) is 3.52. The average molecular weight is 339 g/mol. The lowest BCUT2D eigenvalue weighted by Crippen LogP contribution is -2.40. The third-order valence-corrected chi connectivity index (χ3v) is 4.79. The van der Waals surface area contributed by atoms with E-state index >= 15 is 0 Å². The zero-order valence-electron chi connectivity index (χ0n) is 14.5. The normalized spacial score (nSPS) is 18.4. The predicted molar refractivity (Wildman–Crippen MR) is 97.2 cm³/mol. The first-order chi connectivity index (χ1) is 12.4. The Kier molecular flexibility index (Phi) is 4.90. The van der Waals surface area contributed by atoms with Crippen LogP contribution in [-0.2, 0) is 13.1 Å². The molecule has 1 N–H and O–H groups in total. The largest absolute Gasteiger partial charge is 0.343 e. The molecule has 2 fully saturated rings. The smallest absolute Gasteiger partial charge is 0.198 e. The van der Waals surface area contributed by atoms with Crippen molar-refractivity contribution in [1.82, 2.24) is 25.1 Å². The van der Waals surface area contributed by atoms with Gasteiger partial charge in [-0.25, -0.2) is 9.67 Å². The van der Waals surface area contributed by atoms with Crippen molar-refractivity contribution in [1.29, 1.82) is 0 Å². The van der Waals surface area contributed by atoms with E-state index in [0.717, 1.165) is 43.0 Å². The fourth-order valence-corrected chi connectivity index (χ4v) is 3.14. The number of piperidine rings is 1. The van der Waals surface area contributed by atoms with Crippen molar-refractivity contribution < 1.29 is 0 Å². The number of anilines is 1. The molecule has 0 radical (unpaired) electrons. The Bertz CT molecular complexity index is 699. The molecule has 1 aromatic heterocycles. The molecule has 2 heterocycles. The SMILES string of the molecule is c1ccc(NC(=NCc2nnnn2CC2CC2)N2CCCCC2)cc1. The van der Waals surface area contributed by atoms with Crippen molar-refractivity contribution in [2.45, 2.75) is 45.2 Å². The topological polar surface area (TPSA) is 71.2 Å². The van der Waals surface area contributed by atoms with Crippen molar-refractivity contribution >= 4 is 11.6 Å². The van der Waals surface area contributed by atoms with Crippen LogP contribution in [0.5, 0.6) is 0 Å². The van der Waals surface area contributed by atoms with E-state index in [1.165, 1.54) is 32.1 Å². The molecule has 132 valence electrons. The molecule has 1 aliphatic heterocycles. The Hall–Kier alpha value is -2.44. The molecule has 0 bridgehead atoms. The van der Waals surface area contributed by atoms with Gasteiger partial charge in [-0.3, -0.25) is 0 Å². The fraction of sp³-hybridized carbons (Fsp3) is 0.556. The summed E-state index contributed by atoms with van der Waals surface area (Å²) in [5, 5.41) is 15.6. The maximum absolute atomic E-state index is 4.84. The maximum Gasteiger partial charge on any atom is 0.198 e. The molecule has 1 saturated carbocycles. The molecule has 0 spiro atoms. The number of tetrazole rings is 1. The molecule has 1 aromatic carbocycles. The van der Waals surface area contributed by atoms with Gasteiger partial charge in [-0.05, 0) is 60.6 Å². The summed E-state index contributed by atoms with van der Waals surface area (Å²) in [4.78, 5) is 7.18.